The fourth-order valence-corrected chi connectivity index (χ4v) is 2.27. The predicted octanol–water partition coefficient (Wildman–Crippen LogP) is 3.96. The minimum absolute atomic E-state index is 0.252. The second-order valence-corrected chi connectivity index (χ2v) is 6.11. The summed E-state index contributed by atoms with van der Waals surface area (Å²) in [5, 5.41) is 4.30. The van der Waals surface area contributed by atoms with Gasteiger partial charge in [-0.15, -0.1) is 0 Å². The molecular formula is C16H18BrN3O. The highest BCUT2D eigenvalue weighted by molar-refractivity contribution is 9.10. The Morgan fingerprint density at radius 1 is 1.33 bits per heavy atom. The van der Waals surface area contributed by atoms with Gasteiger partial charge in [0.25, 0.3) is 5.91 Å². The van der Waals surface area contributed by atoms with E-state index in [4.69, 9.17) is 0 Å². The van der Waals surface area contributed by atoms with Crippen LogP contribution in [0.5, 0.6) is 0 Å². The Balaban J connectivity index is 2.15. The van der Waals surface area contributed by atoms with Gasteiger partial charge >= 0.3 is 0 Å². The number of aromatic amines is 1. The molecule has 110 valence electrons. The molecule has 2 rings (SSSR count). The van der Waals surface area contributed by atoms with Crippen LogP contribution in [0.2, 0.25) is 0 Å². The van der Waals surface area contributed by atoms with E-state index in [1.54, 1.807) is 12.3 Å². The molecule has 1 amide bonds. The van der Waals surface area contributed by atoms with E-state index in [1.807, 2.05) is 30.3 Å². The summed E-state index contributed by atoms with van der Waals surface area (Å²) in [4.78, 5) is 14.9. The molecule has 0 fully saturated rings. The third kappa shape index (κ3) is 4.56. The third-order valence-corrected chi connectivity index (χ3v) is 3.35. The summed E-state index contributed by atoms with van der Waals surface area (Å²) in [5.41, 5.74) is 4.99. The molecule has 0 aliphatic carbocycles. The lowest BCUT2D eigenvalue weighted by molar-refractivity contribution is 0.0950. The number of carbonyl (C=O) groups excluding carboxylic acids is 1. The standard InChI is InChI=1S/C16H18BrN3O/c1-11(2)8-14(12-6-4-3-5-7-12)19-20-16(21)15-9-13(17)10-18-15/h3-7,9-11,18H,8H2,1-2H3,(H,20,21)/b19-14-. The Morgan fingerprint density at radius 3 is 2.62 bits per heavy atom. The first-order chi connectivity index (χ1) is 10.1. The summed E-state index contributed by atoms with van der Waals surface area (Å²) >= 11 is 3.30. The number of hydrogen-bond acceptors (Lipinski definition) is 2. The monoisotopic (exact) mass is 347 g/mol. The van der Waals surface area contributed by atoms with Crippen LogP contribution in [-0.2, 0) is 0 Å². The summed E-state index contributed by atoms with van der Waals surface area (Å²) in [6.45, 7) is 4.25. The summed E-state index contributed by atoms with van der Waals surface area (Å²) in [6.07, 6.45) is 2.52. The number of rotatable bonds is 5. The lowest BCUT2D eigenvalue weighted by atomic mass is 10.0. The Kier molecular flexibility index (Phi) is 5.33. The molecular weight excluding hydrogens is 330 g/mol. The molecule has 0 spiro atoms. The van der Waals surface area contributed by atoms with Crippen LogP contribution in [-0.4, -0.2) is 16.6 Å². The predicted molar refractivity (Wildman–Crippen MR) is 88.4 cm³/mol. The van der Waals surface area contributed by atoms with E-state index in [-0.39, 0.29) is 5.91 Å². The van der Waals surface area contributed by atoms with Crippen LogP contribution in [0.3, 0.4) is 0 Å². The quantitative estimate of drug-likeness (QED) is 0.624. The number of hydrazone groups is 1. The number of nitrogens with zero attached hydrogens (tertiary/aromatic N) is 1. The second kappa shape index (κ2) is 7.22. The first kappa shape index (κ1) is 15.5. The van der Waals surface area contributed by atoms with Gasteiger partial charge in [0.1, 0.15) is 5.69 Å². The van der Waals surface area contributed by atoms with Gasteiger partial charge in [0.2, 0.25) is 0 Å². The first-order valence-electron chi connectivity index (χ1n) is 6.82. The van der Waals surface area contributed by atoms with Gasteiger partial charge < -0.3 is 4.98 Å². The molecule has 21 heavy (non-hydrogen) atoms. The van der Waals surface area contributed by atoms with E-state index in [2.05, 4.69) is 45.3 Å². The van der Waals surface area contributed by atoms with Crippen LogP contribution in [0.4, 0.5) is 0 Å². The molecule has 0 radical (unpaired) electrons. The smallest absolute Gasteiger partial charge is 0.287 e. The van der Waals surface area contributed by atoms with Crippen LogP contribution in [0.1, 0.15) is 36.3 Å². The van der Waals surface area contributed by atoms with Gasteiger partial charge in [-0.2, -0.15) is 5.10 Å². The zero-order valence-corrected chi connectivity index (χ0v) is 13.6. The number of amides is 1. The lowest BCUT2D eigenvalue weighted by Gasteiger charge is -2.09. The van der Waals surface area contributed by atoms with Crippen molar-refractivity contribution in [2.24, 2.45) is 11.0 Å². The average molecular weight is 348 g/mol. The fraction of sp³-hybridized carbons (Fsp3) is 0.250. The fourth-order valence-electron chi connectivity index (χ4n) is 1.92. The van der Waals surface area contributed by atoms with Gasteiger partial charge in [-0.05, 0) is 39.9 Å². The molecule has 0 saturated carbocycles. The van der Waals surface area contributed by atoms with E-state index in [9.17, 15) is 4.79 Å². The van der Waals surface area contributed by atoms with Crippen molar-refractivity contribution in [1.82, 2.24) is 10.4 Å². The number of H-pyrrole nitrogens is 1. The number of nitrogens with one attached hydrogen (secondary N) is 2. The number of carbonyl (C=O) groups is 1. The van der Waals surface area contributed by atoms with Crippen LogP contribution >= 0.6 is 15.9 Å². The molecule has 0 atom stereocenters. The van der Waals surface area contributed by atoms with Crippen molar-refractivity contribution < 1.29 is 4.79 Å². The molecule has 5 heteroatoms. The van der Waals surface area contributed by atoms with Crippen LogP contribution < -0.4 is 5.43 Å². The largest absolute Gasteiger partial charge is 0.356 e. The Labute approximate surface area is 132 Å². The highest BCUT2D eigenvalue weighted by Gasteiger charge is 2.10. The maximum atomic E-state index is 12.0. The van der Waals surface area contributed by atoms with Gasteiger partial charge in [-0.25, -0.2) is 5.43 Å². The maximum absolute atomic E-state index is 12.0. The molecule has 0 bridgehead atoms. The second-order valence-electron chi connectivity index (χ2n) is 5.19. The summed E-state index contributed by atoms with van der Waals surface area (Å²) in [7, 11) is 0. The van der Waals surface area contributed by atoms with Gasteiger partial charge in [0, 0.05) is 10.7 Å². The Morgan fingerprint density at radius 2 is 2.05 bits per heavy atom. The van der Waals surface area contributed by atoms with E-state index < -0.39 is 0 Å². The Bertz CT molecular complexity index is 632. The van der Waals surface area contributed by atoms with E-state index in [1.165, 1.54) is 0 Å². The average Bonchev–Trinajstić information content (AvgIpc) is 2.90. The molecule has 4 nitrogen and oxygen atoms in total. The van der Waals surface area contributed by atoms with E-state index in [0.717, 1.165) is 22.2 Å². The van der Waals surface area contributed by atoms with Gasteiger partial charge in [-0.3, -0.25) is 4.79 Å². The summed E-state index contributed by atoms with van der Waals surface area (Å²) < 4.78 is 0.835. The van der Waals surface area contributed by atoms with Crippen molar-refractivity contribution >= 4 is 27.5 Å². The third-order valence-electron chi connectivity index (χ3n) is 2.89. The van der Waals surface area contributed by atoms with Crippen LogP contribution in [0.25, 0.3) is 0 Å². The summed E-state index contributed by atoms with van der Waals surface area (Å²) in [5.74, 6) is 0.207. The molecule has 0 unspecified atom stereocenters. The minimum Gasteiger partial charge on any atom is -0.356 e. The van der Waals surface area contributed by atoms with Gasteiger partial charge in [0.05, 0.1) is 5.71 Å². The highest BCUT2D eigenvalue weighted by Crippen LogP contribution is 2.12. The van der Waals surface area contributed by atoms with Crippen molar-refractivity contribution in [3.63, 3.8) is 0 Å². The van der Waals surface area contributed by atoms with Crippen molar-refractivity contribution in [2.45, 2.75) is 20.3 Å². The molecule has 2 N–H and O–H groups in total. The number of halogens is 1. The minimum atomic E-state index is -0.252. The highest BCUT2D eigenvalue weighted by atomic mass is 79.9. The van der Waals surface area contributed by atoms with Crippen molar-refractivity contribution in [1.29, 1.82) is 0 Å². The molecule has 1 aromatic heterocycles. The SMILES string of the molecule is CC(C)C/C(=N/NC(=O)c1cc(Br)c[nH]1)c1ccccc1. The molecule has 1 aromatic carbocycles. The summed E-state index contributed by atoms with van der Waals surface area (Å²) in [6, 6.07) is 11.6. The number of hydrogen-bond donors (Lipinski definition) is 2. The van der Waals surface area contributed by atoms with Gasteiger partial charge in [-0.1, -0.05) is 44.2 Å². The Hall–Kier alpha value is -1.88. The van der Waals surface area contributed by atoms with Crippen LogP contribution in [0.15, 0.2) is 52.2 Å². The maximum Gasteiger partial charge on any atom is 0.287 e. The topological polar surface area (TPSA) is 57.2 Å². The number of benzene rings is 1. The molecule has 2 aromatic rings. The van der Waals surface area contributed by atoms with Crippen molar-refractivity contribution in [3.8, 4) is 0 Å². The molecule has 0 saturated heterocycles. The zero-order valence-electron chi connectivity index (χ0n) is 12.1. The van der Waals surface area contributed by atoms with Gasteiger partial charge in [0.15, 0.2) is 0 Å². The molecule has 1 heterocycles. The first-order valence-corrected chi connectivity index (χ1v) is 7.62. The lowest BCUT2D eigenvalue weighted by Crippen LogP contribution is -2.21. The molecule has 0 aliphatic heterocycles. The van der Waals surface area contributed by atoms with Crippen molar-refractivity contribution in [2.75, 3.05) is 0 Å². The van der Waals surface area contributed by atoms with E-state index >= 15 is 0 Å². The van der Waals surface area contributed by atoms with Crippen molar-refractivity contribution in [3.05, 3.63) is 58.3 Å². The van der Waals surface area contributed by atoms with Crippen LogP contribution in [0, 0.1) is 5.92 Å². The molecule has 0 aliphatic rings. The normalized spacial score (nSPS) is 11.7. The number of aromatic nitrogens is 1. The van der Waals surface area contributed by atoms with E-state index in [0.29, 0.717) is 11.6 Å². The zero-order chi connectivity index (χ0) is 15.2.